The van der Waals surface area contributed by atoms with E-state index >= 15 is 0 Å². The molecule has 2 nitrogen and oxygen atoms in total. The Morgan fingerprint density at radius 3 is 2.42 bits per heavy atom. The van der Waals surface area contributed by atoms with E-state index in [0.29, 0.717) is 6.61 Å². The van der Waals surface area contributed by atoms with Crippen LogP contribution < -0.4 is 0 Å². The van der Waals surface area contributed by atoms with Gasteiger partial charge in [0.2, 0.25) is 0 Å². The van der Waals surface area contributed by atoms with Gasteiger partial charge in [0.15, 0.2) is 0 Å². The van der Waals surface area contributed by atoms with Gasteiger partial charge in [0.1, 0.15) is 12.7 Å². The molecule has 0 aromatic heterocycles. The third-order valence-corrected chi connectivity index (χ3v) is 2.05. The van der Waals surface area contributed by atoms with Gasteiger partial charge < -0.3 is 9.84 Å². The van der Waals surface area contributed by atoms with Gasteiger partial charge in [-0.05, 0) is 17.9 Å². The molecule has 0 saturated heterocycles. The van der Waals surface area contributed by atoms with Gasteiger partial charge >= 0.3 is 0 Å². The lowest BCUT2D eigenvalue weighted by molar-refractivity contribution is 0.124. The number of aliphatic hydroxyl groups is 1. The maximum atomic E-state index is 9.38. The second kappa shape index (κ2) is 3.09. The van der Waals surface area contributed by atoms with E-state index < -0.39 is 0 Å². The molecule has 0 bridgehead atoms. The van der Waals surface area contributed by atoms with Crippen LogP contribution in [0, 0.1) is 5.41 Å². The first-order chi connectivity index (χ1) is 5.40. The molecular formula is C10H18O2. The van der Waals surface area contributed by atoms with E-state index in [2.05, 4.69) is 20.8 Å². The SMILES string of the molecule is CC1=C(CC(C)(C)C)OCC1O. The molecule has 0 spiro atoms. The first kappa shape index (κ1) is 9.59. The van der Waals surface area contributed by atoms with Crippen molar-refractivity contribution in [1.82, 2.24) is 0 Å². The second-order valence-electron chi connectivity index (χ2n) is 4.67. The lowest BCUT2D eigenvalue weighted by Crippen LogP contribution is -2.07. The third kappa shape index (κ3) is 2.24. The van der Waals surface area contributed by atoms with Crippen molar-refractivity contribution in [2.45, 2.75) is 40.2 Å². The number of rotatable bonds is 1. The summed E-state index contributed by atoms with van der Waals surface area (Å²) in [5.74, 6) is 0.981. The molecule has 0 radical (unpaired) electrons. The van der Waals surface area contributed by atoms with Crippen LogP contribution in [0.25, 0.3) is 0 Å². The maximum absolute atomic E-state index is 9.38. The van der Waals surface area contributed by atoms with Gasteiger partial charge in [-0.15, -0.1) is 0 Å². The fraction of sp³-hybridized carbons (Fsp3) is 0.800. The fourth-order valence-corrected chi connectivity index (χ4v) is 1.28. The molecule has 0 saturated carbocycles. The molecule has 12 heavy (non-hydrogen) atoms. The molecule has 2 heteroatoms. The molecule has 1 atom stereocenters. The Bertz CT molecular complexity index is 198. The van der Waals surface area contributed by atoms with Crippen LogP contribution in [0.3, 0.4) is 0 Å². The van der Waals surface area contributed by atoms with Gasteiger partial charge in [-0.25, -0.2) is 0 Å². The first-order valence-corrected chi connectivity index (χ1v) is 4.41. The summed E-state index contributed by atoms with van der Waals surface area (Å²) < 4.78 is 5.38. The van der Waals surface area contributed by atoms with Crippen LogP contribution >= 0.6 is 0 Å². The zero-order valence-corrected chi connectivity index (χ0v) is 8.35. The zero-order valence-electron chi connectivity index (χ0n) is 8.35. The molecule has 0 aromatic rings. The summed E-state index contributed by atoms with van der Waals surface area (Å²) in [6.07, 6.45) is 0.540. The Kier molecular flexibility index (Phi) is 2.47. The van der Waals surface area contributed by atoms with Crippen molar-refractivity contribution in [2.75, 3.05) is 6.61 Å². The molecule has 1 aliphatic rings. The lowest BCUT2D eigenvalue weighted by Gasteiger charge is -2.18. The Labute approximate surface area is 74.2 Å². The van der Waals surface area contributed by atoms with Gasteiger partial charge in [-0.3, -0.25) is 0 Å². The quantitative estimate of drug-likeness (QED) is 0.653. The highest BCUT2D eigenvalue weighted by Crippen LogP contribution is 2.30. The van der Waals surface area contributed by atoms with Crippen molar-refractivity contribution in [2.24, 2.45) is 5.41 Å². The smallest absolute Gasteiger partial charge is 0.118 e. The normalized spacial score (nSPS) is 24.6. The van der Waals surface area contributed by atoms with Crippen molar-refractivity contribution < 1.29 is 9.84 Å². The van der Waals surface area contributed by atoms with Crippen molar-refractivity contribution in [3.8, 4) is 0 Å². The first-order valence-electron chi connectivity index (χ1n) is 4.41. The van der Waals surface area contributed by atoms with Gasteiger partial charge in [-0.2, -0.15) is 0 Å². The minimum absolute atomic E-state index is 0.237. The summed E-state index contributed by atoms with van der Waals surface area (Å²) in [5.41, 5.74) is 1.24. The van der Waals surface area contributed by atoms with Crippen LogP contribution in [-0.4, -0.2) is 17.8 Å². The Balaban J connectivity index is 2.65. The minimum atomic E-state index is -0.373. The van der Waals surface area contributed by atoms with Crippen LogP contribution in [0.1, 0.15) is 34.1 Å². The second-order valence-corrected chi connectivity index (χ2v) is 4.67. The van der Waals surface area contributed by atoms with E-state index in [-0.39, 0.29) is 11.5 Å². The monoisotopic (exact) mass is 170 g/mol. The molecule has 1 heterocycles. The molecule has 1 aliphatic heterocycles. The van der Waals surface area contributed by atoms with Gasteiger partial charge in [0.05, 0.1) is 5.76 Å². The van der Waals surface area contributed by atoms with Crippen LogP contribution in [-0.2, 0) is 4.74 Å². The standard InChI is InChI=1S/C10H18O2/c1-7-8(11)6-12-9(7)5-10(2,3)4/h8,11H,5-6H2,1-4H3. The number of ether oxygens (including phenoxy) is 1. The summed E-state index contributed by atoms with van der Waals surface area (Å²) >= 11 is 0. The minimum Gasteiger partial charge on any atom is -0.495 e. The molecule has 1 rings (SSSR count). The molecule has 70 valence electrons. The van der Waals surface area contributed by atoms with Crippen LogP contribution in [0.4, 0.5) is 0 Å². The largest absolute Gasteiger partial charge is 0.495 e. The molecular weight excluding hydrogens is 152 g/mol. The number of hydrogen-bond donors (Lipinski definition) is 1. The van der Waals surface area contributed by atoms with Gasteiger partial charge in [0, 0.05) is 6.42 Å². The molecule has 0 aliphatic carbocycles. The summed E-state index contributed by atoms with van der Waals surface area (Å²) in [7, 11) is 0. The van der Waals surface area contributed by atoms with Crippen molar-refractivity contribution >= 4 is 0 Å². The Morgan fingerprint density at radius 2 is 2.08 bits per heavy atom. The van der Waals surface area contributed by atoms with Crippen molar-refractivity contribution in [3.63, 3.8) is 0 Å². The topological polar surface area (TPSA) is 29.5 Å². The third-order valence-electron chi connectivity index (χ3n) is 2.05. The average Bonchev–Trinajstić information content (AvgIpc) is 2.16. The Hall–Kier alpha value is -0.500. The van der Waals surface area contributed by atoms with Crippen molar-refractivity contribution in [3.05, 3.63) is 11.3 Å². The van der Waals surface area contributed by atoms with E-state index in [0.717, 1.165) is 17.8 Å². The summed E-state index contributed by atoms with van der Waals surface area (Å²) in [6, 6.07) is 0. The highest BCUT2D eigenvalue weighted by Gasteiger charge is 2.25. The zero-order chi connectivity index (χ0) is 9.35. The summed E-state index contributed by atoms with van der Waals surface area (Å²) in [6.45, 7) is 8.89. The van der Waals surface area contributed by atoms with E-state index in [1.54, 1.807) is 0 Å². The van der Waals surface area contributed by atoms with E-state index in [9.17, 15) is 5.11 Å². The molecule has 1 unspecified atom stereocenters. The number of allylic oxidation sites excluding steroid dienone is 1. The summed E-state index contributed by atoms with van der Waals surface area (Å²) in [5, 5.41) is 9.38. The molecule has 0 aromatic carbocycles. The molecule has 0 amide bonds. The maximum Gasteiger partial charge on any atom is 0.118 e. The van der Waals surface area contributed by atoms with Crippen LogP contribution in [0.5, 0.6) is 0 Å². The van der Waals surface area contributed by atoms with E-state index in [4.69, 9.17) is 4.74 Å². The highest BCUT2D eigenvalue weighted by atomic mass is 16.5. The Morgan fingerprint density at radius 1 is 1.50 bits per heavy atom. The van der Waals surface area contributed by atoms with Gasteiger partial charge in [0.25, 0.3) is 0 Å². The predicted molar refractivity (Wildman–Crippen MR) is 48.7 cm³/mol. The molecule has 0 fully saturated rings. The highest BCUT2D eigenvalue weighted by molar-refractivity contribution is 5.16. The predicted octanol–water partition coefficient (Wildman–Crippen LogP) is 2.09. The van der Waals surface area contributed by atoms with Crippen LogP contribution in [0.15, 0.2) is 11.3 Å². The molecule has 1 N–H and O–H groups in total. The van der Waals surface area contributed by atoms with E-state index in [1.807, 2.05) is 6.92 Å². The average molecular weight is 170 g/mol. The van der Waals surface area contributed by atoms with Crippen molar-refractivity contribution in [1.29, 1.82) is 0 Å². The number of hydrogen-bond acceptors (Lipinski definition) is 2. The lowest BCUT2D eigenvalue weighted by atomic mass is 9.90. The summed E-state index contributed by atoms with van der Waals surface area (Å²) in [4.78, 5) is 0. The van der Waals surface area contributed by atoms with Gasteiger partial charge in [-0.1, -0.05) is 20.8 Å². The number of aliphatic hydroxyl groups excluding tert-OH is 1. The van der Waals surface area contributed by atoms with Crippen LogP contribution in [0.2, 0.25) is 0 Å². The van der Waals surface area contributed by atoms with E-state index in [1.165, 1.54) is 0 Å². The fourth-order valence-electron chi connectivity index (χ4n) is 1.28.